The summed E-state index contributed by atoms with van der Waals surface area (Å²) >= 11 is 0. The summed E-state index contributed by atoms with van der Waals surface area (Å²) in [7, 11) is 0. The van der Waals surface area contributed by atoms with Crippen molar-refractivity contribution < 1.29 is 22.8 Å². The average Bonchev–Trinajstić information content (AvgIpc) is 3.67. The lowest BCUT2D eigenvalue weighted by Gasteiger charge is -2.17. The molecule has 2 amide bonds. The number of furan rings is 1. The predicted molar refractivity (Wildman–Crippen MR) is 170 cm³/mol. The van der Waals surface area contributed by atoms with Gasteiger partial charge in [0.2, 0.25) is 5.91 Å². The number of hydrogen-bond acceptors (Lipinski definition) is 5. The van der Waals surface area contributed by atoms with Crippen LogP contribution >= 0.6 is 0 Å². The van der Waals surface area contributed by atoms with Gasteiger partial charge in [-0.1, -0.05) is 30.2 Å². The van der Waals surface area contributed by atoms with Crippen LogP contribution in [0.2, 0.25) is 0 Å². The Labute approximate surface area is 258 Å². The number of aromatic nitrogens is 1. The molecule has 0 bridgehead atoms. The third-order valence-corrected chi connectivity index (χ3v) is 7.73. The van der Waals surface area contributed by atoms with Gasteiger partial charge in [-0.2, -0.15) is 0 Å². The third kappa shape index (κ3) is 6.45. The zero-order chi connectivity index (χ0) is 31.6. The molecule has 45 heavy (non-hydrogen) atoms. The molecule has 7 nitrogen and oxygen atoms in total. The molecule has 0 radical (unpaired) electrons. The minimum Gasteiger partial charge on any atom is -0.459 e. The summed E-state index contributed by atoms with van der Waals surface area (Å²) in [4.78, 5) is 30.9. The zero-order valence-corrected chi connectivity index (χ0v) is 24.1. The van der Waals surface area contributed by atoms with Gasteiger partial charge >= 0.3 is 0 Å². The maximum Gasteiger partial charge on any atom is 0.253 e. The van der Waals surface area contributed by atoms with E-state index in [-0.39, 0.29) is 43.7 Å². The summed E-state index contributed by atoms with van der Waals surface area (Å²) in [6.45, 7) is 0.281. The van der Waals surface area contributed by atoms with Gasteiger partial charge in [-0.25, -0.2) is 13.8 Å². The Balaban J connectivity index is 1.25. The van der Waals surface area contributed by atoms with E-state index in [1.807, 2.05) is 30.3 Å². The summed E-state index contributed by atoms with van der Waals surface area (Å²) in [6.07, 6.45) is 10.0. The van der Waals surface area contributed by atoms with Gasteiger partial charge < -0.3 is 20.4 Å². The van der Waals surface area contributed by atoms with Gasteiger partial charge in [0.25, 0.3) is 5.91 Å². The van der Waals surface area contributed by atoms with Crippen LogP contribution in [-0.2, 0) is 11.3 Å². The fourth-order valence-electron chi connectivity index (χ4n) is 5.28. The van der Waals surface area contributed by atoms with Crippen molar-refractivity contribution in [3.8, 4) is 34.6 Å². The van der Waals surface area contributed by atoms with Crippen molar-refractivity contribution in [3.05, 3.63) is 114 Å². The van der Waals surface area contributed by atoms with Crippen molar-refractivity contribution in [1.82, 2.24) is 15.2 Å². The van der Waals surface area contributed by atoms with Crippen LogP contribution in [0.25, 0.3) is 39.3 Å². The number of anilines is 1. The summed E-state index contributed by atoms with van der Waals surface area (Å²) < 4.78 is 34.4. The molecule has 9 heteroatoms. The molecule has 0 unspecified atom stereocenters. The van der Waals surface area contributed by atoms with Crippen LogP contribution in [0.5, 0.6) is 0 Å². The highest BCUT2D eigenvalue weighted by molar-refractivity contribution is 5.98. The van der Waals surface area contributed by atoms with E-state index >= 15 is 0 Å². The second kappa shape index (κ2) is 12.1. The number of likely N-dealkylation sites (tertiary alicyclic amines) is 1. The smallest absolute Gasteiger partial charge is 0.253 e. The number of halogens is 2. The van der Waals surface area contributed by atoms with Crippen molar-refractivity contribution >= 4 is 34.7 Å². The molecule has 1 saturated heterocycles. The van der Waals surface area contributed by atoms with Gasteiger partial charge in [-0.3, -0.25) is 9.59 Å². The fourth-order valence-corrected chi connectivity index (χ4v) is 5.28. The van der Waals surface area contributed by atoms with E-state index in [0.717, 1.165) is 33.2 Å². The Kier molecular flexibility index (Phi) is 7.88. The van der Waals surface area contributed by atoms with Crippen LogP contribution in [0.4, 0.5) is 14.6 Å². The first-order chi connectivity index (χ1) is 21.7. The summed E-state index contributed by atoms with van der Waals surface area (Å²) in [5, 5.41) is 3.60. The minimum atomic E-state index is -1.79. The van der Waals surface area contributed by atoms with E-state index in [2.05, 4.69) is 16.2 Å². The van der Waals surface area contributed by atoms with Gasteiger partial charge in [0.05, 0.1) is 13.1 Å². The normalized spacial score (nSPS) is 16.2. The van der Waals surface area contributed by atoms with E-state index in [9.17, 15) is 18.4 Å². The van der Waals surface area contributed by atoms with E-state index < -0.39 is 5.67 Å². The standard InChI is InChI=1S/C36H28F2N4O3/c1-2-36(38)15-16-42(22-36)35(44)26-7-5-24(6-8-26)27-17-28-18-30(21-41-33(43)14-4-23-3-13-32(39)40-20-23)45-34(28)31(19-27)25-9-11-29(37)12-10-25/h1,3-14,17-20H,15-16,21-22H2,(H2,39,40)(H,41,43)/b14-4+/t36-/m0/s1. The molecule has 3 N–H and O–H groups in total. The lowest BCUT2D eigenvalue weighted by atomic mass is 9.96. The second-order valence-electron chi connectivity index (χ2n) is 10.9. The van der Waals surface area contributed by atoms with E-state index in [0.29, 0.717) is 22.7 Å². The average molecular weight is 603 g/mol. The number of hydrogen-bond donors (Lipinski definition) is 2. The van der Waals surface area contributed by atoms with E-state index in [1.165, 1.54) is 23.1 Å². The molecule has 5 aromatic rings. The van der Waals surface area contributed by atoms with Gasteiger partial charge in [0, 0.05) is 41.8 Å². The lowest BCUT2D eigenvalue weighted by molar-refractivity contribution is -0.116. The number of benzene rings is 3. The number of nitrogens with one attached hydrogen (secondary N) is 1. The Hall–Kier alpha value is -5.75. The van der Waals surface area contributed by atoms with Gasteiger partial charge in [-0.05, 0) is 82.9 Å². The number of pyridine rings is 1. The van der Waals surface area contributed by atoms with Crippen LogP contribution in [0.15, 0.2) is 95.6 Å². The Morgan fingerprint density at radius 2 is 1.80 bits per heavy atom. The zero-order valence-electron chi connectivity index (χ0n) is 24.1. The minimum absolute atomic E-state index is 0.119. The van der Waals surface area contributed by atoms with Crippen LogP contribution in [0.3, 0.4) is 0 Å². The SMILES string of the molecule is C#C[C@]1(F)CCN(C(=O)c2ccc(-c3cc(-c4ccc(F)cc4)c4oc(CNC(=O)/C=C/c5ccc(N)nc5)cc4c3)cc2)C1. The number of rotatable bonds is 7. The molecule has 3 heterocycles. The predicted octanol–water partition coefficient (Wildman–Crippen LogP) is 6.40. The molecule has 0 spiro atoms. The van der Waals surface area contributed by atoms with Crippen molar-refractivity contribution in [2.75, 3.05) is 18.8 Å². The lowest BCUT2D eigenvalue weighted by Crippen LogP contribution is -2.32. The highest BCUT2D eigenvalue weighted by atomic mass is 19.1. The maximum absolute atomic E-state index is 14.5. The first-order valence-corrected chi connectivity index (χ1v) is 14.3. The topological polar surface area (TPSA) is 101 Å². The number of nitrogen functional groups attached to an aromatic ring is 1. The molecule has 1 aliphatic rings. The molecular formula is C36H28F2N4O3. The van der Waals surface area contributed by atoms with Crippen molar-refractivity contribution in [2.24, 2.45) is 0 Å². The first kappa shape index (κ1) is 29.3. The number of nitrogens with two attached hydrogens (primary N) is 1. The van der Waals surface area contributed by atoms with Gasteiger partial charge in [0.1, 0.15) is 23.0 Å². The Morgan fingerprint density at radius 1 is 1.04 bits per heavy atom. The molecule has 0 aliphatic carbocycles. The van der Waals surface area contributed by atoms with Crippen LogP contribution in [0, 0.1) is 18.2 Å². The fraction of sp³-hybridized carbons (Fsp3) is 0.139. The number of fused-ring (bicyclic) bond motifs is 1. The number of carbonyl (C=O) groups is 2. The largest absolute Gasteiger partial charge is 0.459 e. The van der Waals surface area contributed by atoms with Crippen molar-refractivity contribution in [2.45, 2.75) is 18.6 Å². The maximum atomic E-state index is 14.5. The highest BCUT2D eigenvalue weighted by Gasteiger charge is 2.38. The molecule has 6 rings (SSSR count). The first-order valence-electron chi connectivity index (χ1n) is 14.3. The quantitative estimate of drug-likeness (QED) is 0.166. The number of terminal acetylenes is 1. The Morgan fingerprint density at radius 3 is 2.49 bits per heavy atom. The molecule has 0 saturated carbocycles. The van der Waals surface area contributed by atoms with Crippen molar-refractivity contribution in [1.29, 1.82) is 0 Å². The van der Waals surface area contributed by atoms with Gasteiger partial charge in [0.15, 0.2) is 5.67 Å². The molecule has 1 fully saturated rings. The molecule has 3 aromatic carbocycles. The van der Waals surface area contributed by atoms with Crippen LogP contribution in [0.1, 0.15) is 28.1 Å². The summed E-state index contributed by atoms with van der Waals surface area (Å²) in [5.41, 5.74) is 8.72. The van der Waals surface area contributed by atoms with E-state index in [4.69, 9.17) is 16.6 Å². The third-order valence-electron chi connectivity index (χ3n) is 7.73. The number of nitrogens with zero attached hydrogens (tertiary/aromatic N) is 2. The molecule has 224 valence electrons. The molecular weight excluding hydrogens is 574 g/mol. The highest BCUT2D eigenvalue weighted by Crippen LogP contribution is 2.36. The van der Waals surface area contributed by atoms with Gasteiger partial charge in [-0.15, -0.1) is 6.42 Å². The number of amides is 2. The number of alkyl halides is 1. The summed E-state index contributed by atoms with van der Waals surface area (Å²) in [6, 6.07) is 22.3. The van der Waals surface area contributed by atoms with Crippen molar-refractivity contribution in [3.63, 3.8) is 0 Å². The summed E-state index contributed by atoms with van der Waals surface area (Å²) in [5.74, 6) is 2.13. The molecule has 2 aromatic heterocycles. The van der Waals surface area contributed by atoms with E-state index in [1.54, 1.807) is 48.7 Å². The van der Waals surface area contributed by atoms with Crippen LogP contribution in [-0.4, -0.2) is 40.5 Å². The second-order valence-corrected chi connectivity index (χ2v) is 10.9. The number of carbonyl (C=O) groups excluding carboxylic acids is 2. The molecule has 1 atom stereocenters. The van der Waals surface area contributed by atoms with Crippen LogP contribution < -0.4 is 11.1 Å². The monoisotopic (exact) mass is 602 g/mol. The molecule has 1 aliphatic heterocycles. The Bertz CT molecular complexity index is 1960.